The molecule has 0 atom stereocenters. The second kappa shape index (κ2) is 5.72. The molecular formula is C9H18N4. The Morgan fingerprint density at radius 1 is 1.46 bits per heavy atom. The highest BCUT2D eigenvalue weighted by atomic mass is 15.3. The number of nitrogens with zero attached hydrogens (tertiary/aromatic N) is 3. The van der Waals surface area contributed by atoms with Gasteiger partial charge in [-0.05, 0) is 20.2 Å². The van der Waals surface area contributed by atoms with Crippen LogP contribution in [0.4, 0.5) is 0 Å². The van der Waals surface area contributed by atoms with Crippen LogP contribution in [0, 0.1) is 0 Å². The van der Waals surface area contributed by atoms with Crippen LogP contribution in [0.25, 0.3) is 0 Å². The predicted molar refractivity (Wildman–Crippen MR) is 53.7 cm³/mol. The van der Waals surface area contributed by atoms with E-state index in [0.717, 1.165) is 26.2 Å². The quantitative estimate of drug-likeness (QED) is 0.674. The Balaban J connectivity index is 2.11. The summed E-state index contributed by atoms with van der Waals surface area (Å²) >= 11 is 0. The van der Waals surface area contributed by atoms with Crippen molar-refractivity contribution in [2.24, 2.45) is 0 Å². The van der Waals surface area contributed by atoms with Crippen LogP contribution in [0.3, 0.4) is 0 Å². The summed E-state index contributed by atoms with van der Waals surface area (Å²) in [6.45, 7) is 4.13. The molecule has 1 heterocycles. The molecular weight excluding hydrogens is 164 g/mol. The van der Waals surface area contributed by atoms with Crippen molar-refractivity contribution in [3.8, 4) is 0 Å². The van der Waals surface area contributed by atoms with Gasteiger partial charge < -0.3 is 10.2 Å². The van der Waals surface area contributed by atoms with Crippen molar-refractivity contribution in [1.29, 1.82) is 0 Å². The summed E-state index contributed by atoms with van der Waals surface area (Å²) < 4.78 is 1.95. The third-order valence-electron chi connectivity index (χ3n) is 2.01. The monoisotopic (exact) mass is 182 g/mol. The maximum atomic E-state index is 4.14. The molecule has 0 fully saturated rings. The van der Waals surface area contributed by atoms with Gasteiger partial charge in [-0.25, -0.2) is 0 Å². The van der Waals surface area contributed by atoms with E-state index >= 15 is 0 Å². The molecule has 1 rings (SSSR count). The summed E-state index contributed by atoms with van der Waals surface area (Å²) in [5, 5.41) is 7.27. The molecule has 0 aliphatic rings. The standard InChI is InChI=1S/C9H18N4/c1-10-5-7-12(2)8-9-13-6-3-4-11-13/h3-4,6,10H,5,7-9H2,1-2H3. The normalized spacial score (nSPS) is 11.0. The second-order valence-electron chi connectivity index (χ2n) is 3.18. The lowest BCUT2D eigenvalue weighted by Gasteiger charge is -2.15. The average Bonchev–Trinajstić information content (AvgIpc) is 2.64. The molecule has 0 aliphatic heterocycles. The number of likely N-dealkylation sites (N-methyl/N-ethyl adjacent to an activating group) is 2. The van der Waals surface area contributed by atoms with E-state index in [9.17, 15) is 0 Å². The Bertz CT molecular complexity index is 207. The zero-order valence-electron chi connectivity index (χ0n) is 8.40. The molecule has 0 unspecified atom stereocenters. The highest BCUT2D eigenvalue weighted by Gasteiger charge is 1.97. The molecule has 0 aromatic carbocycles. The lowest BCUT2D eigenvalue weighted by Crippen LogP contribution is -2.30. The van der Waals surface area contributed by atoms with Gasteiger partial charge in [0.15, 0.2) is 0 Å². The summed E-state index contributed by atoms with van der Waals surface area (Å²) in [6, 6.07) is 1.95. The summed E-state index contributed by atoms with van der Waals surface area (Å²) in [6.07, 6.45) is 3.81. The molecule has 0 saturated carbocycles. The predicted octanol–water partition coefficient (Wildman–Crippen LogP) is 0.0343. The zero-order chi connectivity index (χ0) is 9.52. The molecule has 0 saturated heterocycles. The second-order valence-corrected chi connectivity index (χ2v) is 3.18. The van der Waals surface area contributed by atoms with Crippen LogP contribution in [0.5, 0.6) is 0 Å². The first-order valence-corrected chi connectivity index (χ1v) is 4.63. The van der Waals surface area contributed by atoms with Crippen molar-refractivity contribution in [2.75, 3.05) is 33.7 Å². The number of aromatic nitrogens is 2. The van der Waals surface area contributed by atoms with Crippen LogP contribution in [0.15, 0.2) is 18.5 Å². The van der Waals surface area contributed by atoms with Crippen molar-refractivity contribution in [3.63, 3.8) is 0 Å². The largest absolute Gasteiger partial charge is 0.318 e. The fourth-order valence-corrected chi connectivity index (χ4v) is 1.12. The lowest BCUT2D eigenvalue weighted by molar-refractivity contribution is 0.314. The van der Waals surface area contributed by atoms with E-state index in [1.54, 1.807) is 0 Å². The molecule has 0 aliphatic carbocycles. The maximum Gasteiger partial charge on any atom is 0.0536 e. The highest BCUT2D eigenvalue weighted by molar-refractivity contribution is 4.77. The number of hydrogen-bond acceptors (Lipinski definition) is 3. The van der Waals surface area contributed by atoms with Gasteiger partial charge in [-0.2, -0.15) is 5.10 Å². The first kappa shape index (κ1) is 10.2. The van der Waals surface area contributed by atoms with E-state index in [2.05, 4.69) is 22.4 Å². The third-order valence-corrected chi connectivity index (χ3v) is 2.01. The van der Waals surface area contributed by atoms with Gasteiger partial charge in [0.05, 0.1) is 6.54 Å². The average molecular weight is 182 g/mol. The van der Waals surface area contributed by atoms with Crippen LogP contribution in [-0.2, 0) is 6.54 Å². The van der Waals surface area contributed by atoms with Crippen LogP contribution >= 0.6 is 0 Å². The van der Waals surface area contributed by atoms with E-state index in [4.69, 9.17) is 0 Å². The van der Waals surface area contributed by atoms with Crippen LogP contribution < -0.4 is 5.32 Å². The number of hydrogen-bond donors (Lipinski definition) is 1. The first-order chi connectivity index (χ1) is 6.33. The molecule has 0 spiro atoms. The summed E-state index contributed by atoms with van der Waals surface area (Å²) in [5.41, 5.74) is 0. The molecule has 0 radical (unpaired) electrons. The van der Waals surface area contributed by atoms with E-state index in [1.807, 2.05) is 30.2 Å². The van der Waals surface area contributed by atoms with Gasteiger partial charge in [-0.3, -0.25) is 4.68 Å². The summed E-state index contributed by atoms with van der Waals surface area (Å²) in [7, 11) is 4.10. The van der Waals surface area contributed by atoms with Crippen molar-refractivity contribution >= 4 is 0 Å². The number of nitrogens with one attached hydrogen (secondary N) is 1. The highest BCUT2D eigenvalue weighted by Crippen LogP contribution is 1.87. The molecule has 74 valence electrons. The van der Waals surface area contributed by atoms with Crippen LogP contribution in [-0.4, -0.2) is 48.4 Å². The Hall–Kier alpha value is -0.870. The molecule has 1 N–H and O–H groups in total. The lowest BCUT2D eigenvalue weighted by atomic mass is 10.5. The Kier molecular flexibility index (Phi) is 4.49. The summed E-state index contributed by atoms with van der Waals surface area (Å²) in [5.74, 6) is 0. The van der Waals surface area contributed by atoms with Gasteiger partial charge in [0, 0.05) is 32.0 Å². The zero-order valence-corrected chi connectivity index (χ0v) is 8.40. The van der Waals surface area contributed by atoms with Gasteiger partial charge in [-0.1, -0.05) is 0 Å². The fourth-order valence-electron chi connectivity index (χ4n) is 1.12. The van der Waals surface area contributed by atoms with Gasteiger partial charge >= 0.3 is 0 Å². The molecule has 0 amide bonds. The van der Waals surface area contributed by atoms with Crippen molar-refractivity contribution in [1.82, 2.24) is 20.0 Å². The van der Waals surface area contributed by atoms with E-state index in [0.29, 0.717) is 0 Å². The summed E-state index contributed by atoms with van der Waals surface area (Å²) in [4.78, 5) is 2.29. The third kappa shape index (κ3) is 4.05. The smallest absolute Gasteiger partial charge is 0.0536 e. The van der Waals surface area contributed by atoms with Crippen LogP contribution in [0.2, 0.25) is 0 Å². The maximum absolute atomic E-state index is 4.14. The topological polar surface area (TPSA) is 33.1 Å². The minimum Gasteiger partial charge on any atom is -0.318 e. The van der Waals surface area contributed by atoms with Gasteiger partial charge in [0.1, 0.15) is 0 Å². The van der Waals surface area contributed by atoms with Gasteiger partial charge in [0.25, 0.3) is 0 Å². The Morgan fingerprint density at radius 2 is 2.31 bits per heavy atom. The number of rotatable bonds is 6. The van der Waals surface area contributed by atoms with E-state index < -0.39 is 0 Å². The molecule has 13 heavy (non-hydrogen) atoms. The first-order valence-electron chi connectivity index (χ1n) is 4.63. The van der Waals surface area contributed by atoms with E-state index in [1.165, 1.54) is 0 Å². The fraction of sp³-hybridized carbons (Fsp3) is 0.667. The Labute approximate surface area is 79.5 Å². The minimum atomic E-state index is 0.965. The molecule has 1 aromatic heterocycles. The van der Waals surface area contributed by atoms with Crippen molar-refractivity contribution < 1.29 is 0 Å². The molecule has 4 nitrogen and oxygen atoms in total. The van der Waals surface area contributed by atoms with Crippen LogP contribution in [0.1, 0.15) is 0 Å². The molecule has 4 heteroatoms. The van der Waals surface area contributed by atoms with Crippen molar-refractivity contribution in [2.45, 2.75) is 6.54 Å². The van der Waals surface area contributed by atoms with E-state index in [-0.39, 0.29) is 0 Å². The van der Waals surface area contributed by atoms with Gasteiger partial charge in [-0.15, -0.1) is 0 Å². The minimum absolute atomic E-state index is 0.965. The molecule has 0 bridgehead atoms. The van der Waals surface area contributed by atoms with Gasteiger partial charge in [0.2, 0.25) is 0 Å². The SMILES string of the molecule is CNCCN(C)CCn1cccn1. The molecule has 1 aromatic rings. The van der Waals surface area contributed by atoms with Crippen molar-refractivity contribution in [3.05, 3.63) is 18.5 Å². The Morgan fingerprint density at radius 3 is 2.92 bits per heavy atom.